The molecule has 0 amide bonds. The summed E-state index contributed by atoms with van der Waals surface area (Å²) in [6, 6.07) is 3.93. The van der Waals surface area contributed by atoms with Crippen molar-refractivity contribution in [3.8, 4) is 0 Å². The second-order valence-corrected chi connectivity index (χ2v) is 5.49. The van der Waals surface area contributed by atoms with Crippen LogP contribution in [-0.4, -0.2) is 24.1 Å². The smallest absolute Gasteiger partial charge is 0.154 e. The number of rotatable bonds is 2. The van der Waals surface area contributed by atoms with E-state index in [-0.39, 0.29) is 0 Å². The minimum atomic E-state index is 0.823. The first kappa shape index (κ1) is 13.1. The van der Waals surface area contributed by atoms with Gasteiger partial charge in [0.25, 0.3) is 0 Å². The first-order chi connectivity index (χ1) is 9.54. The Morgan fingerprint density at radius 1 is 1.15 bits per heavy atom. The Hall–Kier alpha value is -1.95. The van der Waals surface area contributed by atoms with Gasteiger partial charge in [0.1, 0.15) is 10.4 Å². The summed E-state index contributed by atoms with van der Waals surface area (Å²) in [6.07, 6.45) is 5.81. The molecule has 0 aliphatic heterocycles. The van der Waals surface area contributed by atoms with Crippen LogP contribution in [0.4, 0.5) is 0 Å². The Balaban J connectivity index is 1.98. The molecular formula is C14H14BrN5. The molecule has 3 heterocycles. The van der Waals surface area contributed by atoms with Crippen LogP contribution in [0, 0.1) is 13.8 Å². The quantitative estimate of drug-likeness (QED) is 0.725. The van der Waals surface area contributed by atoms with Crippen molar-refractivity contribution >= 4 is 33.7 Å². The monoisotopic (exact) mass is 331 g/mol. The van der Waals surface area contributed by atoms with Crippen LogP contribution in [0.5, 0.6) is 0 Å². The fraction of sp³-hybridized carbons (Fsp3) is 0.214. The zero-order valence-electron chi connectivity index (χ0n) is 11.5. The van der Waals surface area contributed by atoms with E-state index < -0.39 is 0 Å². The molecule has 6 heteroatoms. The van der Waals surface area contributed by atoms with Gasteiger partial charge < -0.3 is 4.57 Å². The van der Waals surface area contributed by atoms with Crippen molar-refractivity contribution in [3.05, 3.63) is 45.8 Å². The average molecular weight is 332 g/mol. The van der Waals surface area contributed by atoms with Gasteiger partial charge in [-0.2, -0.15) is 5.10 Å². The molecule has 0 bridgehead atoms. The summed E-state index contributed by atoms with van der Waals surface area (Å²) in [7, 11) is 1.96. The van der Waals surface area contributed by atoms with E-state index in [4.69, 9.17) is 0 Å². The van der Waals surface area contributed by atoms with E-state index in [2.05, 4.69) is 31.0 Å². The lowest BCUT2D eigenvalue weighted by atomic mass is 10.3. The summed E-state index contributed by atoms with van der Waals surface area (Å²) in [5.41, 5.74) is 3.82. The molecule has 0 atom stereocenters. The lowest BCUT2D eigenvalue weighted by Gasteiger charge is -1.98. The second-order valence-electron chi connectivity index (χ2n) is 4.68. The van der Waals surface area contributed by atoms with E-state index in [1.54, 1.807) is 0 Å². The van der Waals surface area contributed by atoms with E-state index >= 15 is 0 Å². The molecule has 0 spiro atoms. The van der Waals surface area contributed by atoms with Gasteiger partial charge in [-0.1, -0.05) is 0 Å². The molecule has 20 heavy (non-hydrogen) atoms. The molecule has 3 aromatic rings. The van der Waals surface area contributed by atoms with E-state index in [0.29, 0.717) is 0 Å². The van der Waals surface area contributed by atoms with Crippen LogP contribution < -0.4 is 0 Å². The molecule has 3 rings (SSSR count). The molecule has 0 fully saturated rings. The maximum atomic E-state index is 4.57. The van der Waals surface area contributed by atoms with Crippen molar-refractivity contribution < 1.29 is 0 Å². The highest BCUT2D eigenvalue weighted by Crippen LogP contribution is 2.13. The summed E-state index contributed by atoms with van der Waals surface area (Å²) in [5, 5.41) is 4.57. The van der Waals surface area contributed by atoms with Crippen molar-refractivity contribution in [2.45, 2.75) is 13.8 Å². The van der Waals surface area contributed by atoms with E-state index in [0.717, 1.165) is 33.2 Å². The molecule has 0 aliphatic rings. The van der Waals surface area contributed by atoms with Gasteiger partial charge in [0.05, 0.1) is 17.1 Å². The third kappa shape index (κ3) is 2.27. The Labute approximate surface area is 125 Å². The SMILES string of the molecule is Cc1nc2ccc(/C=C/c3nc(Br)cn3C)nn2c1C. The Kier molecular flexibility index (Phi) is 3.17. The Morgan fingerprint density at radius 2 is 1.95 bits per heavy atom. The maximum absolute atomic E-state index is 4.57. The van der Waals surface area contributed by atoms with Gasteiger partial charge in [0, 0.05) is 13.2 Å². The normalized spacial score (nSPS) is 11.8. The van der Waals surface area contributed by atoms with Crippen LogP contribution in [-0.2, 0) is 7.05 Å². The van der Waals surface area contributed by atoms with Gasteiger partial charge in [-0.15, -0.1) is 0 Å². The predicted octanol–water partition coefficient (Wildman–Crippen LogP) is 3.01. The molecular weight excluding hydrogens is 318 g/mol. The highest BCUT2D eigenvalue weighted by atomic mass is 79.9. The molecule has 0 N–H and O–H groups in total. The van der Waals surface area contributed by atoms with Crippen LogP contribution >= 0.6 is 15.9 Å². The van der Waals surface area contributed by atoms with Gasteiger partial charge >= 0.3 is 0 Å². The van der Waals surface area contributed by atoms with Gasteiger partial charge in [0.2, 0.25) is 0 Å². The largest absolute Gasteiger partial charge is 0.333 e. The lowest BCUT2D eigenvalue weighted by Crippen LogP contribution is -1.96. The molecule has 5 nitrogen and oxygen atoms in total. The van der Waals surface area contributed by atoms with Crippen molar-refractivity contribution in [2.75, 3.05) is 0 Å². The van der Waals surface area contributed by atoms with Gasteiger partial charge in [-0.3, -0.25) is 0 Å². The number of hydrogen-bond donors (Lipinski definition) is 0. The Morgan fingerprint density at radius 3 is 2.65 bits per heavy atom. The first-order valence-corrected chi connectivity index (χ1v) is 7.04. The molecule has 0 unspecified atom stereocenters. The number of imidazole rings is 2. The van der Waals surface area contributed by atoms with Gasteiger partial charge in [-0.05, 0) is 54.1 Å². The van der Waals surface area contributed by atoms with Crippen molar-refractivity contribution in [1.29, 1.82) is 0 Å². The van der Waals surface area contributed by atoms with Crippen molar-refractivity contribution in [3.63, 3.8) is 0 Å². The van der Waals surface area contributed by atoms with E-state index in [1.165, 1.54) is 0 Å². The number of hydrogen-bond acceptors (Lipinski definition) is 3. The molecule has 3 aromatic heterocycles. The summed E-state index contributed by atoms with van der Waals surface area (Å²) in [4.78, 5) is 8.80. The molecule has 0 saturated carbocycles. The minimum Gasteiger partial charge on any atom is -0.333 e. The summed E-state index contributed by atoms with van der Waals surface area (Å²) in [5.74, 6) is 0.873. The van der Waals surface area contributed by atoms with E-state index in [1.807, 2.05) is 60.5 Å². The highest BCUT2D eigenvalue weighted by molar-refractivity contribution is 9.10. The maximum Gasteiger partial charge on any atom is 0.154 e. The third-order valence-corrected chi connectivity index (χ3v) is 3.63. The number of aromatic nitrogens is 5. The summed E-state index contributed by atoms with van der Waals surface area (Å²) < 4.78 is 4.64. The van der Waals surface area contributed by atoms with Crippen LogP contribution in [0.3, 0.4) is 0 Å². The number of nitrogens with zero attached hydrogens (tertiary/aromatic N) is 5. The van der Waals surface area contributed by atoms with E-state index in [9.17, 15) is 0 Å². The van der Waals surface area contributed by atoms with Crippen molar-refractivity contribution in [2.24, 2.45) is 7.05 Å². The van der Waals surface area contributed by atoms with Crippen LogP contribution in [0.2, 0.25) is 0 Å². The number of fused-ring (bicyclic) bond motifs is 1. The summed E-state index contributed by atoms with van der Waals surface area (Å²) in [6.45, 7) is 4.01. The number of halogens is 1. The molecule has 0 radical (unpaired) electrons. The second kappa shape index (κ2) is 4.86. The predicted molar refractivity (Wildman–Crippen MR) is 82.3 cm³/mol. The van der Waals surface area contributed by atoms with Gasteiger partial charge in [-0.25, -0.2) is 14.5 Å². The van der Waals surface area contributed by atoms with Crippen LogP contribution in [0.15, 0.2) is 22.9 Å². The lowest BCUT2D eigenvalue weighted by molar-refractivity contribution is 0.886. The Bertz CT molecular complexity index is 812. The average Bonchev–Trinajstić information content (AvgIpc) is 2.88. The zero-order chi connectivity index (χ0) is 14.3. The topological polar surface area (TPSA) is 48.0 Å². The molecule has 0 saturated heterocycles. The molecule has 0 aromatic carbocycles. The standard InChI is InChI=1S/C14H14BrN5/c1-9-10(2)20-14(16-9)7-5-11(18-20)4-6-13-17-12(15)8-19(13)3/h4-8H,1-3H3/b6-4+. The van der Waals surface area contributed by atoms with Gasteiger partial charge in [0.15, 0.2) is 5.65 Å². The van der Waals surface area contributed by atoms with Crippen LogP contribution in [0.25, 0.3) is 17.8 Å². The molecule has 0 aliphatic carbocycles. The first-order valence-electron chi connectivity index (χ1n) is 6.24. The summed E-state index contributed by atoms with van der Waals surface area (Å²) >= 11 is 3.36. The minimum absolute atomic E-state index is 0.823. The van der Waals surface area contributed by atoms with Crippen LogP contribution in [0.1, 0.15) is 22.9 Å². The number of aryl methyl sites for hydroxylation is 3. The fourth-order valence-electron chi connectivity index (χ4n) is 2.01. The highest BCUT2D eigenvalue weighted by Gasteiger charge is 2.05. The van der Waals surface area contributed by atoms with Crippen molar-refractivity contribution in [1.82, 2.24) is 24.1 Å². The fourth-order valence-corrected chi connectivity index (χ4v) is 2.50. The molecule has 102 valence electrons. The zero-order valence-corrected chi connectivity index (χ0v) is 13.1. The third-order valence-electron chi connectivity index (χ3n) is 3.25.